The SMILES string of the molecule is CCO[C@@H]1CCN(C(=O)c2nc3cc(Cl)c4c(c3o2)C2(CCCCC2)NC(=O)N4)C1. The fraction of sp³-hybridized carbons (Fsp3) is 0.571. The molecule has 3 heterocycles. The Morgan fingerprint density at radius 3 is 2.97 bits per heavy atom. The summed E-state index contributed by atoms with van der Waals surface area (Å²) in [5.74, 6) is -0.196. The number of carbonyl (C=O) groups excluding carboxylic acids is 2. The maximum atomic E-state index is 13.0. The maximum absolute atomic E-state index is 13.0. The summed E-state index contributed by atoms with van der Waals surface area (Å²) in [6.45, 7) is 3.72. The first-order chi connectivity index (χ1) is 14.5. The van der Waals surface area contributed by atoms with E-state index in [-0.39, 0.29) is 23.9 Å². The summed E-state index contributed by atoms with van der Waals surface area (Å²) in [5.41, 5.74) is 1.87. The Bertz CT molecular complexity index is 1010. The Morgan fingerprint density at radius 1 is 1.40 bits per heavy atom. The normalized spacial score (nSPS) is 22.8. The number of likely N-dealkylation sites (tertiary alicyclic amines) is 1. The molecule has 8 nitrogen and oxygen atoms in total. The second-order valence-corrected chi connectivity index (χ2v) is 8.72. The number of nitrogens with one attached hydrogen (secondary N) is 2. The average Bonchev–Trinajstić information content (AvgIpc) is 3.35. The van der Waals surface area contributed by atoms with Gasteiger partial charge in [0.05, 0.1) is 22.4 Å². The molecule has 3 aliphatic rings. The van der Waals surface area contributed by atoms with Gasteiger partial charge in [-0.1, -0.05) is 30.9 Å². The molecular formula is C21H25ClN4O4. The lowest BCUT2D eigenvalue weighted by Crippen LogP contribution is -2.52. The summed E-state index contributed by atoms with van der Waals surface area (Å²) in [5, 5.41) is 6.34. The number of aromatic nitrogens is 1. The first-order valence-corrected chi connectivity index (χ1v) is 11.0. The molecular weight excluding hydrogens is 408 g/mol. The maximum Gasteiger partial charge on any atom is 0.319 e. The second-order valence-electron chi connectivity index (χ2n) is 8.31. The molecule has 9 heteroatoms. The molecule has 0 radical (unpaired) electrons. The van der Waals surface area contributed by atoms with Crippen LogP contribution in [-0.4, -0.2) is 47.6 Å². The molecule has 2 fully saturated rings. The lowest BCUT2D eigenvalue weighted by Gasteiger charge is -2.42. The van der Waals surface area contributed by atoms with Crippen molar-refractivity contribution < 1.29 is 18.7 Å². The van der Waals surface area contributed by atoms with E-state index < -0.39 is 5.54 Å². The molecule has 2 N–H and O–H groups in total. The minimum Gasteiger partial charge on any atom is -0.432 e. The predicted molar refractivity (Wildman–Crippen MR) is 112 cm³/mol. The minimum absolute atomic E-state index is 0.0504. The van der Waals surface area contributed by atoms with Crippen molar-refractivity contribution in [2.24, 2.45) is 0 Å². The van der Waals surface area contributed by atoms with Crippen LogP contribution >= 0.6 is 11.6 Å². The molecule has 2 aliphatic heterocycles. The number of urea groups is 1. The third-order valence-corrected chi connectivity index (χ3v) is 6.73. The molecule has 5 rings (SSSR count). The monoisotopic (exact) mass is 432 g/mol. The summed E-state index contributed by atoms with van der Waals surface area (Å²) in [7, 11) is 0. The Morgan fingerprint density at radius 2 is 2.20 bits per heavy atom. The van der Waals surface area contributed by atoms with Gasteiger partial charge in [0.2, 0.25) is 0 Å². The number of fused-ring (bicyclic) bond motifs is 4. The van der Waals surface area contributed by atoms with E-state index in [1.165, 1.54) is 0 Å². The number of hydrogen-bond acceptors (Lipinski definition) is 5. The van der Waals surface area contributed by atoms with E-state index in [0.717, 1.165) is 44.1 Å². The van der Waals surface area contributed by atoms with E-state index in [0.29, 0.717) is 41.5 Å². The molecule has 1 saturated heterocycles. The van der Waals surface area contributed by atoms with Gasteiger partial charge in [-0.25, -0.2) is 9.78 Å². The Labute approximate surface area is 179 Å². The van der Waals surface area contributed by atoms with Crippen molar-refractivity contribution >= 4 is 40.3 Å². The number of halogens is 1. The van der Waals surface area contributed by atoms with Crippen LogP contribution in [0.1, 0.15) is 61.7 Å². The molecule has 1 aromatic carbocycles. The lowest BCUT2D eigenvalue weighted by molar-refractivity contribution is 0.0579. The van der Waals surface area contributed by atoms with Gasteiger partial charge >= 0.3 is 11.9 Å². The number of rotatable bonds is 3. The van der Waals surface area contributed by atoms with Crippen LogP contribution < -0.4 is 10.6 Å². The number of anilines is 1. The van der Waals surface area contributed by atoms with E-state index in [9.17, 15) is 9.59 Å². The smallest absolute Gasteiger partial charge is 0.319 e. The molecule has 1 aliphatic carbocycles. The molecule has 0 unspecified atom stereocenters. The van der Waals surface area contributed by atoms with Crippen LogP contribution in [0.3, 0.4) is 0 Å². The van der Waals surface area contributed by atoms with Gasteiger partial charge in [-0.05, 0) is 32.3 Å². The molecule has 0 bridgehead atoms. The van der Waals surface area contributed by atoms with Crippen molar-refractivity contribution in [3.8, 4) is 0 Å². The van der Waals surface area contributed by atoms with E-state index in [1.54, 1.807) is 11.0 Å². The summed E-state index contributed by atoms with van der Waals surface area (Å²) >= 11 is 6.52. The lowest BCUT2D eigenvalue weighted by atomic mass is 9.74. The summed E-state index contributed by atoms with van der Waals surface area (Å²) < 4.78 is 11.7. The summed E-state index contributed by atoms with van der Waals surface area (Å²) in [6, 6.07) is 1.39. The van der Waals surface area contributed by atoms with E-state index in [4.69, 9.17) is 20.8 Å². The van der Waals surface area contributed by atoms with Gasteiger partial charge in [0.15, 0.2) is 5.58 Å². The second kappa shape index (κ2) is 7.42. The zero-order valence-corrected chi connectivity index (χ0v) is 17.7. The minimum atomic E-state index is -0.549. The fourth-order valence-electron chi connectivity index (χ4n) is 5.08. The molecule has 2 aromatic rings. The van der Waals surface area contributed by atoms with E-state index in [2.05, 4.69) is 15.6 Å². The van der Waals surface area contributed by atoms with Gasteiger partial charge in [-0.3, -0.25) is 4.79 Å². The van der Waals surface area contributed by atoms with E-state index >= 15 is 0 Å². The van der Waals surface area contributed by atoms with Crippen molar-refractivity contribution in [1.29, 1.82) is 0 Å². The zero-order chi connectivity index (χ0) is 20.9. The van der Waals surface area contributed by atoms with Crippen LogP contribution in [0, 0.1) is 0 Å². The topological polar surface area (TPSA) is 96.7 Å². The van der Waals surface area contributed by atoms with Gasteiger partial charge in [-0.15, -0.1) is 0 Å². The van der Waals surface area contributed by atoms with Crippen molar-refractivity contribution in [3.63, 3.8) is 0 Å². The third-order valence-electron chi connectivity index (χ3n) is 6.43. The Kier molecular flexibility index (Phi) is 4.86. The molecule has 1 aromatic heterocycles. The Hall–Kier alpha value is -2.32. The quantitative estimate of drug-likeness (QED) is 0.763. The number of oxazole rings is 1. The zero-order valence-electron chi connectivity index (χ0n) is 16.9. The van der Waals surface area contributed by atoms with Gasteiger partial charge in [0, 0.05) is 25.3 Å². The van der Waals surface area contributed by atoms with Crippen molar-refractivity contribution in [3.05, 3.63) is 22.5 Å². The van der Waals surface area contributed by atoms with E-state index in [1.807, 2.05) is 6.92 Å². The first-order valence-electron chi connectivity index (χ1n) is 10.6. The van der Waals surface area contributed by atoms with Crippen molar-refractivity contribution in [2.75, 3.05) is 25.0 Å². The number of carbonyl (C=O) groups is 2. The Balaban J connectivity index is 1.56. The van der Waals surface area contributed by atoms with Gasteiger partial charge in [0.25, 0.3) is 5.89 Å². The highest BCUT2D eigenvalue weighted by Crippen LogP contribution is 2.48. The number of nitrogens with zero attached hydrogens (tertiary/aromatic N) is 2. The van der Waals surface area contributed by atoms with Gasteiger partial charge < -0.3 is 24.7 Å². The highest BCUT2D eigenvalue weighted by Gasteiger charge is 2.44. The predicted octanol–water partition coefficient (Wildman–Crippen LogP) is 4.03. The van der Waals surface area contributed by atoms with Crippen LogP contribution in [0.2, 0.25) is 5.02 Å². The highest BCUT2D eigenvalue weighted by molar-refractivity contribution is 6.35. The number of hydrogen-bond donors (Lipinski definition) is 2. The largest absolute Gasteiger partial charge is 0.432 e. The molecule has 1 spiro atoms. The summed E-state index contributed by atoms with van der Waals surface area (Å²) in [6.07, 6.45) is 5.58. The third kappa shape index (κ3) is 3.13. The summed E-state index contributed by atoms with van der Waals surface area (Å²) in [4.78, 5) is 31.6. The average molecular weight is 433 g/mol. The molecule has 30 heavy (non-hydrogen) atoms. The van der Waals surface area contributed by atoms with Crippen LogP contribution in [-0.2, 0) is 10.3 Å². The van der Waals surface area contributed by atoms with Gasteiger partial charge in [-0.2, -0.15) is 0 Å². The van der Waals surface area contributed by atoms with Crippen LogP contribution in [0.15, 0.2) is 10.5 Å². The van der Waals surface area contributed by atoms with Crippen LogP contribution in [0.5, 0.6) is 0 Å². The number of amides is 3. The molecule has 1 saturated carbocycles. The molecule has 1 atom stereocenters. The molecule has 160 valence electrons. The highest BCUT2D eigenvalue weighted by atomic mass is 35.5. The van der Waals surface area contributed by atoms with Crippen molar-refractivity contribution in [2.45, 2.75) is 57.1 Å². The van der Waals surface area contributed by atoms with Crippen LogP contribution in [0.25, 0.3) is 11.1 Å². The molecule has 3 amide bonds. The van der Waals surface area contributed by atoms with Gasteiger partial charge in [0.1, 0.15) is 5.52 Å². The standard InChI is InChI=1S/C21H25ClN4O4/c1-2-29-12-6-9-26(11-12)19(27)18-23-14-10-13(22)16-15(17(14)30-18)21(25-20(28)24-16)7-4-3-5-8-21/h10,12H,2-9,11H2,1H3,(H2,24,25,28)/t12-/m1/s1. The van der Waals surface area contributed by atoms with Crippen LogP contribution in [0.4, 0.5) is 10.5 Å². The number of ether oxygens (including phenoxy) is 1. The van der Waals surface area contributed by atoms with Crippen molar-refractivity contribution in [1.82, 2.24) is 15.2 Å². The first kappa shape index (κ1) is 19.6. The number of benzene rings is 1. The fourth-order valence-corrected chi connectivity index (χ4v) is 5.32.